The fourth-order valence-electron chi connectivity index (χ4n) is 1.90. The average molecular weight is 270 g/mol. The SMILES string of the molecule is Cc1ccccc1Oc1cc(CN)cc(C(C)(C)C)n1. The number of hydrogen-bond donors (Lipinski definition) is 1. The van der Waals surface area contributed by atoms with Crippen molar-refractivity contribution in [3.8, 4) is 11.6 Å². The van der Waals surface area contributed by atoms with Crippen LogP contribution in [0.25, 0.3) is 0 Å². The molecule has 0 bridgehead atoms. The van der Waals surface area contributed by atoms with Gasteiger partial charge >= 0.3 is 0 Å². The van der Waals surface area contributed by atoms with Gasteiger partial charge in [0.15, 0.2) is 0 Å². The van der Waals surface area contributed by atoms with Gasteiger partial charge in [-0.3, -0.25) is 0 Å². The fraction of sp³-hybridized carbons (Fsp3) is 0.353. The third-order valence-electron chi connectivity index (χ3n) is 3.17. The van der Waals surface area contributed by atoms with Gasteiger partial charge in [0.1, 0.15) is 5.75 Å². The van der Waals surface area contributed by atoms with Gasteiger partial charge in [-0.15, -0.1) is 0 Å². The van der Waals surface area contributed by atoms with Crippen molar-refractivity contribution in [3.05, 3.63) is 53.2 Å². The van der Waals surface area contributed by atoms with Crippen LogP contribution in [0.15, 0.2) is 36.4 Å². The van der Waals surface area contributed by atoms with E-state index in [4.69, 9.17) is 10.5 Å². The Labute approximate surface area is 120 Å². The summed E-state index contributed by atoms with van der Waals surface area (Å²) in [5.74, 6) is 1.43. The Kier molecular flexibility index (Phi) is 4.09. The Bertz CT molecular complexity index is 600. The minimum atomic E-state index is -0.0327. The molecule has 106 valence electrons. The molecule has 0 saturated heterocycles. The Morgan fingerprint density at radius 3 is 2.45 bits per heavy atom. The highest BCUT2D eigenvalue weighted by molar-refractivity contribution is 5.37. The summed E-state index contributed by atoms with van der Waals surface area (Å²) in [4.78, 5) is 4.61. The summed E-state index contributed by atoms with van der Waals surface area (Å²) in [6, 6.07) is 11.9. The van der Waals surface area contributed by atoms with E-state index < -0.39 is 0 Å². The molecule has 0 aliphatic heterocycles. The zero-order valence-electron chi connectivity index (χ0n) is 12.6. The van der Waals surface area contributed by atoms with Crippen molar-refractivity contribution >= 4 is 0 Å². The fourth-order valence-corrected chi connectivity index (χ4v) is 1.90. The molecule has 2 rings (SSSR count). The predicted molar refractivity (Wildman–Crippen MR) is 82.1 cm³/mol. The second-order valence-electron chi connectivity index (χ2n) is 6.02. The van der Waals surface area contributed by atoms with Gasteiger partial charge in [0, 0.05) is 18.0 Å². The van der Waals surface area contributed by atoms with Crippen LogP contribution in [0, 0.1) is 6.92 Å². The molecule has 3 heteroatoms. The number of nitrogens with two attached hydrogens (primary N) is 1. The molecule has 1 aromatic carbocycles. The molecule has 0 unspecified atom stereocenters. The topological polar surface area (TPSA) is 48.1 Å². The summed E-state index contributed by atoms with van der Waals surface area (Å²) >= 11 is 0. The Hall–Kier alpha value is -1.87. The Morgan fingerprint density at radius 1 is 1.15 bits per heavy atom. The highest BCUT2D eigenvalue weighted by Gasteiger charge is 2.17. The molecular formula is C17H22N2O. The molecule has 1 aromatic heterocycles. The van der Waals surface area contributed by atoms with Gasteiger partial charge in [-0.1, -0.05) is 39.0 Å². The lowest BCUT2D eigenvalue weighted by Crippen LogP contribution is -2.15. The minimum Gasteiger partial charge on any atom is -0.439 e. The largest absolute Gasteiger partial charge is 0.439 e. The maximum Gasteiger partial charge on any atom is 0.219 e. The first kappa shape index (κ1) is 14.5. The monoisotopic (exact) mass is 270 g/mol. The number of aryl methyl sites for hydroxylation is 1. The highest BCUT2D eigenvalue weighted by atomic mass is 16.5. The number of hydrogen-bond acceptors (Lipinski definition) is 3. The van der Waals surface area contributed by atoms with Crippen molar-refractivity contribution in [1.29, 1.82) is 0 Å². The second kappa shape index (κ2) is 5.63. The molecule has 0 fully saturated rings. The lowest BCUT2D eigenvalue weighted by Gasteiger charge is -2.20. The van der Waals surface area contributed by atoms with E-state index in [1.165, 1.54) is 0 Å². The summed E-state index contributed by atoms with van der Waals surface area (Å²) in [6.45, 7) is 8.90. The lowest BCUT2D eigenvalue weighted by atomic mass is 9.91. The minimum absolute atomic E-state index is 0.0327. The number of nitrogens with zero attached hydrogens (tertiary/aromatic N) is 1. The van der Waals surface area contributed by atoms with Gasteiger partial charge in [0.25, 0.3) is 0 Å². The molecule has 2 aromatic rings. The number of pyridine rings is 1. The van der Waals surface area contributed by atoms with Crippen molar-refractivity contribution in [3.63, 3.8) is 0 Å². The van der Waals surface area contributed by atoms with E-state index in [0.29, 0.717) is 12.4 Å². The van der Waals surface area contributed by atoms with E-state index in [2.05, 4.69) is 25.8 Å². The van der Waals surface area contributed by atoms with Gasteiger partial charge < -0.3 is 10.5 Å². The van der Waals surface area contributed by atoms with Crippen LogP contribution in [0.5, 0.6) is 11.6 Å². The molecule has 0 spiro atoms. The molecule has 0 amide bonds. The first-order valence-corrected chi connectivity index (χ1v) is 6.85. The number of benzene rings is 1. The van der Waals surface area contributed by atoms with Crippen molar-refractivity contribution in [2.24, 2.45) is 5.73 Å². The van der Waals surface area contributed by atoms with Crippen LogP contribution in [0.4, 0.5) is 0 Å². The van der Waals surface area contributed by atoms with E-state index >= 15 is 0 Å². The standard InChI is InChI=1S/C17H22N2O/c1-12-7-5-6-8-14(12)20-16-10-13(11-18)9-15(19-16)17(2,3)4/h5-10H,11,18H2,1-4H3. The number of para-hydroxylation sites is 1. The van der Waals surface area contributed by atoms with E-state index in [1.54, 1.807) is 0 Å². The zero-order valence-corrected chi connectivity index (χ0v) is 12.6. The smallest absolute Gasteiger partial charge is 0.219 e. The summed E-state index contributed by atoms with van der Waals surface area (Å²) in [5.41, 5.74) is 8.85. The van der Waals surface area contributed by atoms with Crippen LogP contribution in [0.1, 0.15) is 37.6 Å². The van der Waals surface area contributed by atoms with Gasteiger partial charge in [0.2, 0.25) is 5.88 Å². The molecular weight excluding hydrogens is 248 g/mol. The van der Waals surface area contributed by atoms with Crippen LogP contribution < -0.4 is 10.5 Å². The molecule has 0 aliphatic rings. The third-order valence-corrected chi connectivity index (χ3v) is 3.17. The van der Waals surface area contributed by atoms with Gasteiger partial charge in [-0.05, 0) is 30.2 Å². The van der Waals surface area contributed by atoms with Crippen LogP contribution in [0.2, 0.25) is 0 Å². The Morgan fingerprint density at radius 2 is 1.85 bits per heavy atom. The molecule has 0 aliphatic carbocycles. The molecule has 0 radical (unpaired) electrons. The number of aromatic nitrogens is 1. The quantitative estimate of drug-likeness (QED) is 0.919. The summed E-state index contributed by atoms with van der Waals surface area (Å²) in [7, 11) is 0. The van der Waals surface area contributed by atoms with Crippen molar-refractivity contribution in [2.75, 3.05) is 0 Å². The van der Waals surface area contributed by atoms with Crippen LogP contribution in [-0.2, 0) is 12.0 Å². The van der Waals surface area contributed by atoms with Gasteiger partial charge in [0.05, 0.1) is 5.69 Å². The Balaban J connectivity index is 2.39. The molecule has 3 nitrogen and oxygen atoms in total. The maximum atomic E-state index is 5.92. The van der Waals surface area contributed by atoms with Crippen molar-refractivity contribution in [2.45, 2.75) is 39.7 Å². The molecule has 2 N–H and O–H groups in total. The lowest BCUT2D eigenvalue weighted by molar-refractivity contribution is 0.448. The van der Waals surface area contributed by atoms with Crippen LogP contribution in [-0.4, -0.2) is 4.98 Å². The van der Waals surface area contributed by atoms with Gasteiger partial charge in [-0.2, -0.15) is 0 Å². The number of rotatable bonds is 3. The molecule has 20 heavy (non-hydrogen) atoms. The van der Waals surface area contributed by atoms with E-state index in [-0.39, 0.29) is 5.41 Å². The second-order valence-corrected chi connectivity index (χ2v) is 6.02. The van der Waals surface area contributed by atoms with Gasteiger partial charge in [-0.25, -0.2) is 4.98 Å². The van der Waals surface area contributed by atoms with Crippen LogP contribution >= 0.6 is 0 Å². The summed E-state index contributed by atoms with van der Waals surface area (Å²) in [5, 5.41) is 0. The third kappa shape index (κ3) is 3.36. The molecule has 0 atom stereocenters. The average Bonchev–Trinajstić information content (AvgIpc) is 2.40. The van der Waals surface area contributed by atoms with Crippen LogP contribution in [0.3, 0.4) is 0 Å². The van der Waals surface area contributed by atoms with Crippen molar-refractivity contribution < 1.29 is 4.74 Å². The van der Waals surface area contributed by atoms with Crippen molar-refractivity contribution in [1.82, 2.24) is 4.98 Å². The predicted octanol–water partition coefficient (Wildman–Crippen LogP) is 3.94. The maximum absolute atomic E-state index is 5.92. The number of ether oxygens (including phenoxy) is 1. The van der Waals surface area contributed by atoms with E-state index in [0.717, 1.165) is 22.6 Å². The zero-order chi connectivity index (χ0) is 14.8. The normalized spacial score (nSPS) is 11.4. The summed E-state index contributed by atoms with van der Waals surface area (Å²) < 4.78 is 5.92. The van der Waals surface area contributed by atoms with E-state index in [1.807, 2.05) is 43.3 Å². The molecule has 1 heterocycles. The highest BCUT2D eigenvalue weighted by Crippen LogP contribution is 2.28. The first-order chi connectivity index (χ1) is 9.40. The van der Waals surface area contributed by atoms with E-state index in [9.17, 15) is 0 Å². The molecule has 0 saturated carbocycles. The summed E-state index contributed by atoms with van der Waals surface area (Å²) in [6.07, 6.45) is 0. The first-order valence-electron chi connectivity index (χ1n) is 6.85.